The summed E-state index contributed by atoms with van der Waals surface area (Å²) in [4.78, 5) is 11.5. The van der Waals surface area contributed by atoms with Gasteiger partial charge in [0.2, 0.25) is 5.91 Å². The van der Waals surface area contributed by atoms with Crippen molar-refractivity contribution in [2.45, 2.75) is 12.8 Å². The van der Waals surface area contributed by atoms with Crippen LogP contribution in [-0.4, -0.2) is 5.91 Å². The first kappa shape index (κ1) is 13.8. The lowest BCUT2D eigenvalue weighted by Crippen LogP contribution is -2.03. The molecule has 0 aromatic heterocycles. The second kappa shape index (κ2) is 5.73. The fraction of sp³-hybridized carbons (Fsp3) is 0.0952. The standard InChI is InChI=1S/C21H17NO/c23-21-14-18-13-17(10-11-20(18)22-21)19-9-5-4-8-16(19)12-15-6-2-1-3-7-15/h1-11,13H,12,14H2,(H,22,23). The van der Waals surface area contributed by atoms with Crippen molar-refractivity contribution in [3.8, 4) is 11.1 Å². The van der Waals surface area contributed by atoms with Crippen molar-refractivity contribution < 1.29 is 4.79 Å². The van der Waals surface area contributed by atoms with Crippen LogP contribution in [0.1, 0.15) is 16.7 Å². The Labute approximate surface area is 135 Å². The fourth-order valence-electron chi connectivity index (χ4n) is 3.17. The molecule has 1 amide bonds. The summed E-state index contributed by atoms with van der Waals surface area (Å²) < 4.78 is 0. The first-order valence-corrected chi connectivity index (χ1v) is 7.84. The van der Waals surface area contributed by atoms with E-state index in [0.717, 1.165) is 17.7 Å². The van der Waals surface area contributed by atoms with Crippen LogP contribution in [0.4, 0.5) is 5.69 Å². The summed E-state index contributed by atoms with van der Waals surface area (Å²) in [5.41, 5.74) is 7.04. The third kappa shape index (κ3) is 2.76. The summed E-state index contributed by atoms with van der Waals surface area (Å²) in [7, 11) is 0. The van der Waals surface area contributed by atoms with Crippen LogP contribution < -0.4 is 5.32 Å². The molecule has 112 valence electrons. The number of hydrogen-bond acceptors (Lipinski definition) is 1. The van der Waals surface area contributed by atoms with E-state index in [2.05, 4.69) is 66.0 Å². The van der Waals surface area contributed by atoms with Crippen molar-refractivity contribution >= 4 is 11.6 Å². The topological polar surface area (TPSA) is 29.1 Å². The van der Waals surface area contributed by atoms with E-state index in [0.29, 0.717) is 6.42 Å². The van der Waals surface area contributed by atoms with Gasteiger partial charge in [-0.15, -0.1) is 0 Å². The van der Waals surface area contributed by atoms with Crippen LogP contribution in [0.3, 0.4) is 0 Å². The molecule has 3 aromatic rings. The average Bonchev–Trinajstić information content (AvgIpc) is 2.95. The van der Waals surface area contributed by atoms with Gasteiger partial charge in [0.1, 0.15) is 0 Å². The SMILES string of the molecule is O=C1Cc2cc(-c3ccccc3Cc3ccccc3)ccc2N1. The van der Waals surface area contributed by atoms with Crippen molar-refractivity contribution in [1.29, 1.82) is 0 Å². The van der Waals surface area contributed by atoms with E-state index in [1.807, 2.05) is 12.1 Å². The van der Waals surface area contributed by atoms with Crippen LogP contribution in [0.2, 0.25) is 0 Å². The number of anilines is 1. The minimum Gasteiger partial charge on any atom is -0.326 e. The van der Waals surface area contributed by atoms with Crippen molar-refractivity contribution in [3.05, 3.63) is 89.5 Å². The Balaban J connectivity index is 1.73. The number of carbonyl (C=O) groups excluding carboxylic acids is 1. The van der Waals surface area contributed by atoms with Gasteiger partial charge in [-0.2, -0.15) is 0 Å². The maximum absolute atomic E-state index is 11.5. The van der Waals surface area contributed by atoms with Gasteiger partial charge >= 0.3 is 0 Å². The van der Waals surface area contributed by atoms with E-state index >= 15 is 0 Å². The van der Waals surface area contributed by atoms with E-state index in [1.54, 1.807) is 0 Å². The van der Waals surface area contributed by atoms with E-state index in [-0.39, 0.29) is 5.91 Å². The highest BCUT2D eigenvalue weighted by Gasteiger charge is 2.18. The minimum absolute atomic E-state index is 0.0784. The van der Waals surface area contributed by atoms with Crippen LogP contribution in [0.15, 0.2) is 72.8 Å². The molecule has 0 fully saturated rings. The lowest BCUT2D eigenvalue weighted by Gasteiger charge is -2.11. The molecule has 0 bridgehead atoms. The molecule has 1 aliphatic heterocycles. The number of carbonyl (C=O) groups is 1. The monoisotopic (exact) mass is 299 g/mol. The van der Waals surface area contributed by atoms with Gasteiger partial charge in [-0.1, -0.05) is 60.7 Å². The fourth-order valence-corrected chi connectivity index (χ4v) is 3.17. The van der Waals surface area contributed by atoms with Crippen molar-refractivity contribution in [2.75, 3.05) is 5.32 Å². The Kier molecular flexibility index (Phi) is 3.43. The van der Waals surface area contributed by atoms with Gasteiger partial charge in [0.05, 0.1) is 6.42 Å². The number of nitrogens with one attached hydrogen (secondary N) is 1. The molecule has 0 saturated heterocycles. The average molecular weight is 299 g/mol. The first-order chi connectivity index (χ1) is 11.3. The van der Waals surface area contributed by atoms with Gasteiger partial charge in [0, 0.05) is 5.69 Å². The van der Waals surface area contributed by atoms with Gasteiger partial charge in [-0.05, 0) is 46.4 Å². The third-order valence-electron chi connectivity index (χ3n) is 4.30. The number of fused-ring (bicyclic) bond motifs is 1. The van der Waals surface area contributed by atoms with Crippen molar-refractivity contribution in [3.63, 3.8) is 0 Å². The molecular weight excluding hydrogens is 282 g/mol. The highest BCUT2D eigenvalue weighted by molar-refractivity contribution is 5.99. The molecule has 2 heteroatoms. The summed E-state index contributed by atoms with van der Waals surface area (Å²) >= 11 is 0. The smallest absolute Gasteiger partial charge is 0.228 e. The summed E-state index contributed by atoms with van der Waals surface area (Å²) in [6.45, 7) is 0. The Bertz CT molecular complexity index is 868. The molecule has 0 spiro atoms. The molecule has 1 N–H and O–H groups in total. The molecule has 23 heavy (non-hydrogen) atoms. The molecule has 4 rings (SSSR count). The highest BCUT2D eigenvalue weighted by atomic mass is 16.1. The summed E-state index contributed by atoms with van der Waals surface area (Å²) in [5.74, 6) is 0.0784. The Morgan fingerprint density at radius 2 is 1.65 bits per heavy atom. The van der Waals surface area contributed by atoms with Crippen molar-refractivity contribution in [1.82, 2.24) is 0 Å². The lowest BCUT2D eigenvalue weighted by atomic mass is 9.93. The van der Waals surface area contributed by atoms with Gasteiger partial charge in [-0.25, -0.2) is 0 Å². The van der Waals surface area contributed by atoms with Crippen LogP contribution in [0.25, 0.3) is 11.1 Å². The maximum atomic E-state index is 11.5. The van der Waals surface area contributed by atoms with Crippen LogP contribution >= 0.6 is 0 Å². The molecule has 2 nitrogen and oxygen atoms in total. The summed E-state index contributed by atoms with van der Waals surface area (Å²) in [6, 6.07) is 25.2. The minimum atomic E-state index is 0.0784. The Hall–Kier alpha value is -2.87. The molecular formula is C21H17NO. The number of rotatable bonds is 3. The third-order valence-corrected chi connectivity index (χ3v) is 4.30. The van der Waals surface area contributed by atoms with Gasteiger partial charge in [0.15, 0.2) is 0 Å². The number of amides is 1. The normalized spacial score (nSPS) is 12.8. The molecule has 1 aliphatic rings. The van der Waals surface area contributed by atoms with E-state index in [1.165, 1.54) is 22.3 Å². The Morgan fingerprint density at radius 1 is 0.870 bits per heavy atom. The molecule has 0 saturated carbocycles. The predicted molar refractivity (Wildman–Crippen MR) is 93.5 cm³/mol. The zero-order valence-corrected chi connectivity index (χ0v) is 12.8. The van der Waals surface area contributed by atoms with Crippen molar-refractivity contribution in [2.24, 2.45) is 0 Å². The second-order valence-corrected chi connectivity index (χ2v) is 5.92. The summed E-state index contributed by atoms with van der Waals surface area (Å²) in [5, 5.41) is 2.89. The number of benzene rings is 3. The van der Waals surface area contributed by atoms with Crippen LogP contribution in [-0.2, 0) is 17.6 Å². The molecule has 0 aliphatic carbocycles. The first-order valence-electron chi connectivity index (χ1n) is 7.84. The molecule has 1 heterocycles. The van der Waals surface area contributed by atoms with Crippen LogP contribution in [0, 0.1) is 0 Å². The zero-order chi connectivity index (χ0) is 15.6. The Morgan fingerprint density at radius 3 is 2.52 bits per heavy atom. The maximum Gasteiger partial charge on any atom is 0.228 e. The largest absolute Gasteiger partial charge is 0.326 e. The van der Waals surface area contributed by atoms with Gasteiger partial charge in [0.25, 0.3) is 0 Å². The predicted octanol–water partition coefficient (Wildman–Crippen LogP) is 4.44. The number of hydrogen-bond donors (Lipinski definition) is 1. The summed E-state index contributed by atoms with van der Waals surface area (Å²) in [6.07, 6.45) is 1.38. The van der Waals surface area contributed by atoms with E-state index < -0.39 is 0 Å². The van der Waals surface area contributed by atoms with Gasteiger partial charge in [-0.3, -0.25) is 4.79 Å². The van der Waals surface area contributed by atoms with Gasteiger partial charge < -0.3 is 5.32 Å². The van der Waals surface area contributed by atoms with E-state index in [4.69, 9.17) is 0 Å². The molecule has 0 radical (unpaired) electrons. The molecule has 0 atom stereocenters. The van der Waals surface area contributed by atoms with E-state index in [9.17, 15) is 4.79 Å². The molecule has 3 aromatic carbocycles. The molecule has 0 unspecified atom stereocenters. The highest BCUT2D eigenvalue weighted by Crippen LogP contribution is 2.31. The quantitative estimate of drug-likeness (QED) is 0.761. The zero-order valence-electron chi connectivity index (χ0n) is 12.8. The van der Waals surface area contributed by atoms with Crippen LogP contribution in [0.5, 0.6) is 0 Å². The second-order valence-electron chi connectivity index (χ2n) is 5.92. The lowest BCUT2D eigenvalue weighted by molar-refractivity contribution is -0.115.